The molecule has 0 saturated heterocycles. The standard InChI is InChI=1S/C12H22N4O2/c1-4-15(5-2)12(18)7-6-8-16-9-11(10(3)17)13-14-16/h9-10,17H,4-8H2,1-3H3. The van der Waals surface area contributed by atoms with E-state index in [0.29, 0.717) is 18.7 Å². The van der Waals surface area contributed by atoms with E-state index in [9.17, 15) is 9.90 Å². The average Bonchev–Trinajstić information content (AvgIpc) is 2.79. The number of rotatable bonds is 7. The monoisotopic (exact) mass is 254 g/mol. The minimum absolute atomic E-state index is 0.177. The van der Waals surface area contributed by atoms with Crippen LogP contribution in [0.2, 0.25) is 0 Å². The summed E-state index contributed by atoms with van der Waals surface area (Å²) < 4.78 is 1.66. The van der Waals surface area contributed by atoms with Crippen molar-refractivity contribution in [3.63, 3.8) is 0 Å². The molecule has 18 heavy (non-hydrogen) atoms. The minimum atomic E-state index is -0.601. The predicted molar refractivity (Wildman–Crippen MR) is 67.8 cm³/mol. The van der Waals surface area contributed by atoms with Gasteiger partial charge in [0.25, 0.3) is 0 Å². The van der Waals surface area contributed by atoms with E-state index >= 15 is 0 Å². The Morgan fingerprint density at radius 2 is 2.17 bits per heavy atom. The molecular weight excluding hydrogens is 232 g/mol. The van der Waals surface area contributed by atoms with E-state index in [1.165, 1.54) is 0 Å². The van der Waals surface area contributed by atoms with Gasteiger partial charge in [0, 0.05) is 26.1 Å². The lowest BCUT2D eigenvalue weighted by Gasteiger charge is -2.18. The third-order valence-electron chi connectivity index (χ3n) is 2.88. The fourth-order valence-corrected chi connectivity index (χ4v) is 1.74. The lowest BCUT2D eigenvalue weighted by Crippen LogP contribution is -2.30. The molecule has 6 nitrogen and oxygen atoms in total. The van der Waals surface area contributed by atoms with Crippen LogP contribution >= 0.6 is 0 Å². The van der Waals surface area contributed by atoms with E-state index in [0.717, 1.165) is 19.5 Å². The Morgan fingerprint density at radius 3 is 2.67 bits per heavy atom. The van der Waals surface area contributed by atoms with Crippen LogP contribution in [0, 0.1) is 0 Å². The van der Waals surface area contributed by atoms with E-state index in [1.807, 2.05) is 18.7 Å². The Bertz CT molecular complexity index is 372. The van der Waals surface area contributed by atoms with Gasteiger partial charge in [0.1, 0.15) is 5.69 Å². The first-order valence-electron chi connectivity index (χ1n) is 6.44. The minimum Gasteiger partial charge on any atom is -0.387 e. The summed E-state index contributed by atoms with van der Waals surface area (Å²) in [6, 6.07) is 0. The van der Waals surface area contributed by atoms with Gasteiger partial charge in [-0.05, 0) is 27.2 Å². The van der Waals surface area contributed by atoms with E-state index in [1.54, 1.807) is 17.8 Å². The smallest absolute Gasteiger partial charge is 0.222 e. The van der Waals surface area contributed by atoms with Crippen molar-refractivity contribution in [3.05, 3.63) is 11.9 Å². The predicted octanol–water partition coefficient (Wildman–Crippen LogP) is 0.980. The van der Waals surface area contributed by atoms with Crippen molar-refractivity contribution in [1.82, 2.24) is 19.9 Å². The fourth-order valence-electron chi connectivity index (χ4n) is 1.74. The molecule has 0 saturated carbocycles. The Labute approximate surface area is 108 Å². The maximum Gasteiger partial charge on any atom is 0.222 e. The van der Waals surface area contributed by atoms with Crippen LogP contribution < -0.4 is 0 Å². The molecule has 0 aliphatic heterocycles. The lowest BCUT2D eigenvalue weighted by atomic mass is 10.2. The van der Waals surface area contributed by atoms with E-state index in [-0.39, 0.29) is 5.91 Å². The normalized spacial score (nSPS) is 12.4. The van der Waals surface area contributed by atoms with Crippen molar-refractivity contribution in [2.24, 2.45) is 0 Å². The molecule has 1 amide bonds. The third-order valence-corrected chi connectivity index (χ3v) is 2.88. The molecule has 1 aromatic heterocycles. The molecule has 0 radical (unpaired) electrons. The summed E-state index contributed by atoms with van der Waals surface area (Å²) >= 11 is 0. The molecule has 0 aliphatic carbocycles. The molecule has 102 valence electrons. The van der Waals surface area contributed by atoms with Crippen molar-refractivity contribution in [1.29, 1.82) is 0 Å². The molecule has 0 spiro atoms. The zero-order chi connectivity index (χ0) is 13.5. The van der Waals surface area contributed by atoms with Crippen LogP contribution in [0.4, 0.5) is 0 Å². The summed E-state index contributed by atoms with van der Waals surface area (Å²) in [5.41, 5.74) is 0.560. The van der Waals surface area contributed by atoms with Gasteiger partial charge >= 0.3 is 0 Å². The van der Waals surface area contributed by atoms with E-state index in [4.69, 9.17) is 0 Å². The molecule has 1 unspecified atom stereocenters. The van der Waals surface area contributed by atoms with Crippen LogP contribution in [0.1, 0.15) is 45.4 Å². The first kappa shape index (κ1) is 14.6. The molecule has 0 fully saturated rings. The van der Waals surface area contributed by atoms with Gasteiger partial charge in [-0.3, -0.25) is 9.48 Å². The molecule has 0 aromatic carbocycles. The third kappa shape index (κ3) is 4.10. The summed E-state index contributed by atoms with van der Waals surface area (Å²) in [7, 11) is 0. The number of hydrogen-bond acceptors (Lipinski definition) is 4. The molecule has 1 aromatic rings. The van der Waals surface area contributed by atoms with Crippen molar-refractivity contribution < 1.29 is 9.90 Å². The molecule has 1 N–H and O–H groups in total. The molecule has 1 atom stereocenters. The number of carbonyl (C=O) groups excluding carboxylic acids is 1. The second kappa shape index (κ2) is 7.10. The highest BCUT2D eigenvalue weighted by molar-refractivity contribution is 5.75. The van der Waals surface area contributed by atoms with Gasteiger partial charge in [0.2, 0.25) is 5.91 Å². The molecule has 1 heterocycles. The number of aliphatic hydroxyl groups excluding tert-OH is 1. The average molecular weight is 254 g/mol. The first-order valence-corrected chi connectivity index (χ1v) is 6.44. The Kier molecular flexibility index (Phi) is 5.77. The number of aryl methyl sites for hydroxylation is 1. The number of amides is 1. The van der Waals surface area contributed by atoms with Gasteiger partial charge in [-0.15, -0.1) is 5.10 Å². The topological polar surface area (TPSA) is 71.2 Å². The highest BCUT2D eigenvalue weighted by Crippen LogP contribution is 2.07. The molecule has 0 bridgehead atoms. The van der Waals surface area contributed by atoms with Crippen LogP contribution in [0.3, 0.4) is 0 Å². The zero-order valence-corrected chi connectivity index (χ0v) is 11.3. The van der Waals surface area contributed by atoms with E-state index < -0.39 is 6.10 Å². The van der Waals surface area contributed by atoms with Crippen molar-refractivity contribution in [2.75, 3.05) is 13.1 Å². The SMILES string of the molecule is CCN(CC)C(=O)CCCn1cc(C(C)O)nn1. The van der Waals surface area contributed by atoms with Gasteiger partial charge < -0.3 is 10.0 Å². The Hall–Kier alpha value is -1.43. The van der Waals surface area contributed by atoms with Gasteiger partial charge in [-0.2, -0.15) is 0 Å². The number of hydrogen-bond donors (Lipinski definition) is 1. The van der Waals surface area contributed by atoms with Crippen molar-refractivity contribution >= 4 is 5.91 Å². The molecule has 0 aliphatic rings. The van der Waals surface area contributed by atoms with Crippen LogP contribution in [-0.4, -0.2) is 44.0 Å². The van der Waals surface area contributed by atoms with Crippen LogP contribution in [0.25, 0.3) is 0 Å². The second-order valence-corrected chi connectivity index (χ2v) is 4.25. The maximum atomic E-state index is 11.7. The summed E-state index contributed by atoms with van der Waals surface area (Å²) in [6.07, 6.45) is 2.37. The lowest BCUT2D eigenvalue weighted by molar-refractivity contribution is -0.130. The number of aromatic nitrogens is 3. The maximum absolute atomic E-state index is 11.7. The van der Waals surface area contributed by atoms with Crippen molar-refractivity contribution in [2.45, 2.75) is 46.3 Å². The molecule has 1 rings (SSSR count). The number of nitrogens with zero attached hydrogens (tertiary/aromatic N) is 4. The van der Waals surface area contributed by atoms with Gasteiger partial charge in [-0.25, -0.2) is 0 Å². The second-order valence-electron chi connectivity index (χ2n) is 4.25. The van der Waals surface area contributed by atoms with Gasteiger partial charge in [0.05, 0.1) is 12.3 Å². The summed E-state index contributed by atoms with van der Waals surface area (Å²) in [5, 5.41) is 17.1. The van der Waals surface area contributed by atoms with Crippen LogP contribution in [0.5, 0.6) is 0 Å². The fraction of sp³-hybridized carbons (Fsp3) is 0.750. The van der Waals surface area contributed by atoms with Crippen LogP contribution in [0.15, 0.2) is 6.20 Å². The highest BCUT2D eigenvalue weighted by atomic mass is 16.3. The molecular formula is C12H22N4O2. The van der Waals surface area contributed by atoms with Crippen molar-refractivity contribution in [3.8, 4) is 0 Å². The summed E-state index contributed by atoms with van der Waals surface area (Å²) in [6.45, 7) is 7.77. The summed E-state index contributed by atoms with van der Waals surface area (Å²) in [4.78, 5) is 13.6. The summed E-state index contributed by atoms with van der Waals surface area (Å²) in [5.74, 6) is 0.177. The van der Waals surface area contributed by atoms with E-state index in [2.05, 4.69) is 10.3 Å². The zero-order valence-electron chi connectivity index (χ0n) is 11.3. The number of carbonyl (C=O) groups is 1. The quantitative estimate of drug-likeness (QED) is 0.787. The number of aliphatic hydroxyl groups is 1. The first-order chi connectivity index (χ1) is 8.58. The Balaban J connectivity index is 2.34. The van der Waals surface area contributed by atoms with Crippen LogP contribution in [-0.2, 0) is 11.3 Å². The Morgan fingerprint density at radius 1 is 1.50 bits per heavy atom. The largest absolute Gasteiger partial charge is 0.387 e. The van der Waals surface area contributed by atoms with Gasteiger partial charge in [-0.1, -0.05) is 5.21 Å². The highest BCUT2D eigenvalue weighted by Gasteiger charge is 2.10. The molecule has 6 heteroatoms. The van der Waals surface area contributed by atoms with Gasteiger partial charge in [0.15, 0.2) is 0 Å².